The summed E-state index contributed by atoms with van der Waals surface area (Å²) in [7, 11) is 2.05. The van der Waals surface area contributed by atoms with E-state index in [9.17, 15) is 0 Å². The first kappa shape index (κ1) is 12.3. The molecule has 0 saturated carbocycles. The molecule has 0 aliphatic carbocycles. The molecule has 1 aliphatic rings. The fraction of sp³-hybridized carbons (Fsp3) is 0.438. The average molecular weight is 255 g/mol. The van der Waals surface area contributed by atoms with Crippen molar-refractivity contribution in [1.82, 2.24) is 9.78 Å². The first-order valence-electron chi connectivity index (χ1n) is 7.16. The molecule has 2 aromatic rings. The highest BCUT2D eigenvalue weighted by atomic mass is 15.3. The van der Waals surface area contributed by atoms with Crippen LogP contribution in [0.2, 0.25) is 0 Å². The van der Waals surface area contributed by atoms with E-state index >= 15 is 0 Å². The molecule has 1 aliphatic heterocycles. The van der Waals surface area contributed by atoms with Gasteiger partial charge in [0.25, 0.3) is 0 Å². The summed E-state index contributed by atoms with van der Waals surface area (Å²) in [6.07, 6.45) is 3.14. The summed E-state index contributed by atoms with van der Waals surface area (Å²) in [6, 6.07) is 6.78. The normalized spacial score (nSPS) is 13.4. The molecule has 3 nitrogen and oxygen atoms in total. The Kier molecular flexibility index (Phi) is 3.05. The maximum absolute atomic E-state index is 4.67. The van der Waals surface area contributed by atoms with Crippen molar-refractivity contribution in [3.05, 3.63) is 35.2 Å². The van der Waals surface area contributed by atoms with E-state index in [4.69, 9.17) is 0 Å². The fourth-order valence-corrected chi connectivity index (χ4v) is 3.07. The van der Waals surface area contributed by atoms with Crippen molar-refractivity contribution in [3.63, 3.8) is 0 Å². The molecule has 0 amide bonds. The van der Waals surface area contributed by atoms with Crippen molar-refractivity contribution in [3.8, 4) is 11.1 Å². The molecule has 0 atom stereocenters. The maximum Gasteiger partial charge on any atom is 0.0703 e. The monoisotopic (exact) mass is 255 g/mol. The van der Waals surface area contributed by atoms with Crippen LogP contribution in [0.1, 0.15) is 30.8 Å². The summed E-state index contributed by atoms with van der Waals surface area (Å²) in [4.78, 5) is 0. The third-order valence-corrected chi connectivity index (χ3v) is 4.01. The maximum atomic E-state index is 4.67. The van der Waals surface area contributed by atoms with Crippen molar-refractivity contribution in [1.29, 1.82) is 0 Å². The molecule has 19 heavy (non-hydrogen) atoms. The van der Waals surface area contributed by atoms with Crippen LogP contribution in [0.25, 0.3) is 11.1 Å². The molecule has 3 rings (SSSR count). The Hall–Kier alpha value is -1.77. The largest absolute Gasteiger partial charge is 0.384 e. The van der Waals surface area contributed by atoms with E-state index in [0.29, 0.717) is 0 Å². The number of aromatic nitrogens is 2. The highest BCUT2D eigenvalue weighted by Gasteiger charge is 2.17. The lowest BCUT2D eigenvalue weighted by Crippen LogP contribution is -1.97. The van der Waals surface area contributed by atoms with Crippen molar-refractivity contribution in [2.45, 2.75) is 33.1 Å². The zero-order chi connectivity index (χ0) is 13.4. The summed E-state index contributed by atoms with van der Waals surface area (Å²) in [5, 5.41) is 8.09. The van der Waals surface area contributed by atoms with Gasteiger partial charge in [-0.25, -0.2) is 0 Å². The number of anilines is 1. The summed E-state index contributed by atoms with van der Waals surface area (Å²) in [6.45, 7) is 5.45. The van der Waals surface area contributed by atoms with Gasteiger partial charge in [0.05, 0.1) is 5.69 Å². The minimum Gasteiger partial charge on any atom is -0.384 e. The molecule has 0 saturated heterocycles. The fourth-order valence-electron chi connectivity index (χ4n) is 3.07. The molecular weight excluding hydrogens is 234 g/mol. The number of hydrogen-bond donors (Lipinski definition) is 1. The van der Waals surface area contributed by atoms with E-state index in [0.717, 1.165) is 25.8 Å². The molecule has 100 valence electrons. The Morgan fingerprint density at radius 2 is 2.11 bits per heavy atom. The van der Waals surface area contributed by atoms with Crippen LogP contribution < -0.4 is 5.32 Å². The average Bonchev–Trinajstić information content (AvgIpc) is 3.00. The molecule has 1 aromatic heterocycles. The number of hydrogen-bond acceptors (Lipinski definition) is 2. The van der Waals surface area contributed by atoms with Gasteiger partial charge in [0, 0.05) is 30.5 Å². The number of fused-ring (bicyclic) bond motifs is 1. The van der Waals surface area contributed by atoms with Gasteiger partial charge in [-0.3, -0.25) is 4.68 Å². The van der Waals surface area contributed by atoms with E-state index < -0.39 is 0 Å². The Balaban J connectivity index is 2.15. The van der Waals surface area contributed by atoms with Gasteiger partial charge in [-0.15, -0.1) is 0 Å². The van der Waals surface area contributed by atoms with Crippen molar-refractivity contribution >= 4 is 5.69 Å². The van der Waals surface area contributed by atoms with Crippen molar-refractivity contribution < 1.29 is 0 Å². The standard InChI is InChI=1S/C16H21N3/c1-4-13-16(15(5-2)19(3)18-13)12-6-7-14-11(10-12)8-9-17-14/h6-7,10,17H,4-5,8-9H2,1-3H3. The Bertz CT molecular complexity index is 611. The second kappa shape index (κ2) is 4.72. The molecule has 0 fully saturated rings. The van der Waals surface area contributed by atoms with E-state index in [1.54, 1.807) is 0 Å². The Morgan fingerprint density at radius 1 is 1.26 bits per heavy atom. The van der Waals surface area contributed by atoms with Crippen LogP contribution in [0.4, 0.5) is 5.69 Å². The van der Waals surface area contributed by atoms with Gasteiger partial charge in [0.1, 0.15) is 0 Å². The number of rotatable bonds is 3. The molecule has 0 unspecified atom stereocenters. The predicted octanol–water partition coefficient (Wildman–Crippen LogP) is 3.18. The summed E-state index contributed by atoms with van der Waals surface area (Å²) >= 11 is 0. The number of benzene rings is 1. The van der Waals surface area contributed by atoms with Crippen molar-refractivity contribution in [2.24, 2.45) is 7.05 Å². The van der Waals surface area contributed by atoms with Gasteiger partial charge in [-0.05, 0) is 42.5 Å². The molecule has 2 heterocycles. The van der Waals surface area contributed by atoms with E-state index in [-0.39, 0.29) is 0 Å². The lowest BCUT2D eigenvalue weighted by atomic mass is 9.98. The van der Waals surface area contributed by atoms with Gasteiger partial charge in [0.15, 0.2) is 0 Å². The minimum atomic E-state index is 0.985. The molecule has 3 heteroatoms. The molecule has 0 radical (unpaired) electrons. The van der Waals surface area contributed by atoms with Crippen LogP contribution in [0.3, 0.4) is 0 Å². The molecule has 1 aromatic carbocycles. The highest BCUT2D eigenvalue weighted by molar-refractivity contribution is 5.73. The van der Waals surface area contributed by atoms with E-state index in [1.165, 1.54) is 33.8 Å². The van der Waals surface area contributed by atoms with Crippen LogP contribution in [-0.2, 0) is 26.3 Å². The summed E-state index contributed by atoms with van der Waals surface area (Å²) in [5.74, 6) is 0. The minimum absolute atomic E-state index is 0.985. The molecule has 0 bridgehead atoms. The topological polar surface area (TPSA) is 29.9 Å². The van der Waals surface area contributed by atoms with Crippen LogP contribution >= 0.6 is 0 Å². The first-order valence-corrected chi connectivity index (χ1v) is 7.16. The highest BCUT2D eigenvalue weighted by Crippen LogP contribution is 2.32. The van der Waals surface area contributed by atoms with Gasteiger partial charge in [-0.2, -0.15) is 5.10 Å². The van der Waals surface area contributed by atoms with Gasteiger partial charge < -0.3 is 5.32 Å². The Labute approximate surface area is 114 Å². The lowest BCUT2D eigenvalue weighted by molar-refractivity contribution is 0.705. The summed E-state index contributed by atoms with van der Waals surface area (Å²) in [5.41, 5.74) is 7.95. The van der Waals surface area contributed by atoms with Gasteiger partial charge in [-0.1, -0.05) is 19.9 Å². The predicted molar refractivity (Wildman–Crippen MR) is 79.6 cm³/mol. The molecule has 0 spiro atoms. The third kappa shape index (κ3) is 1.93. The SMILES string of the molecule is CCc1nn(C)c(CC)c1-c1ccc2c(c1)CCN2. The van der Waals surface area contributed by atoms with Crippen LogP contribution in [0, 0.1) is 0 Å². The molecule has 1 N–H and O–H groups in total. The van der Waals surface area contributed by atoms with E-state index in [1.807, 2.05) is 4.68 Å². The quantitative estimate of drug-likeness (QED) is 0.913. The zero-order valence-electron chi connectivity index (χ0n) is 12.0. The van der Waals surface area contributed by atoms with Crippen molar-refractivity contribution in [2.75, 3.05) is 11.9 Å². The third-order valence-electron chi connectivity index (χ3n) is 4.01. The smallest absolute Gasteiger partial charge is 0.0703 e. The van der Waals surface area contributed by atoms with Crippen LogP contribution in [0.15, 0.2) is 18.2 Å². The Morgan fingerprint density at radius 3 is 2.84 bits per heavy atom. The molecular formula is C16H21N3. The number of nitrogens with zero attached hydrogens (tertiary/aromatic N) is 2. The van der Waals surface area contributed by atoms with Gasteiger partial charge >= 0.3 is 0 Å². The zero-order valence-corrected chi connectivity index (χ0v) is 12.0. The number of nitrogens with one attached hydrogen (secondary N) is 1. The second-order valence-electron chi connectivity index (χ2n) is 5.15. The number of aryl methyl sites for hydroxylation is 2. The van der Waals surface area contributed by atoms with Crippen LogP contribution in [0.5, 0.6) is 0 Å². The summed E-state index contributed by atoms with van der Waals surface area (Å²) < 4.78 is 2.04. The van der Waals surface area contributed by atoms with Gasteiger partial charge in [0.2, 0.25) is 0 Å². The second-order valence-corrected chi connectivity index (χ2v) is 5.15. The lowest BCUT2D eigenvalue weighted by Gasteiger charge is -2.08. The first-order chi connectivity index (χ1) is 9.24. The van der Waals surface area contributed by atoms with E-state index in [2.05, 4.69) is 49.5 Å². The van der Waals surface area contributed by atoms with Crippen LogP contribution in [-0.4, -0.2) is 16.3 Å².